The van der Waals surface area contributed by atoms with Crippen molar-refractivity contribution in [2.75, 3.05) is 12.3 Å². The van der Waals surface area contributed by atoms with E-state index in [9.17, 15) is 0 Å². The van der Waals surface area contributed by atoms with Crippen molar-refractivity contribution in [2.45, 2.75) is 25.7 Å². The van der Waals surface area contributed by atoms with E-state index in [0.29, 0.717) is 22.9 Å². The van der Waals surface area contributed by atoms with Crippen LogP contribution < -0.4 is 10.5 Å². The number of anilines is 1. The van der Waals surface area contributed by atoms with Gasteiger partial charge >= 0.3 is 0 Å². The van der Waals surface area contributed by atoms with Crippen LogP contribution in [0.15, 0.2) is 10.8 Å². The van der Waals surface area contributed by atoms with Crippen LogP contribution in [0.3, 0.4) is 0 Å². The Labute approximate surface area is 99.4 Å². The van der Waals surface area contributed by atoms with Gasteiger partial charge in [0.05, 0.1) is 12.8 Å². The summed E-state index contributed by atoms with van der Waals surface area (Å²) in [5, 5.41) is 0. The zero-order valence-electron chi connectivity index (χ0n) is 9.25. The molecule has 0 aliphatic heterocycles. The van der Waals surface area contributed by atoms with Crippen LogP contribution in [0.25, 0.3) is 0 Å². The SMILES string of the molecule is C[Si](C)(C)CCOc1ncc(Br)nc1N. The zero-order chi connectivity index (χ0) is 11.5. The molecular formula is C9H16BrN3OSi. The molecule has 0 spiro atoms. The molecule has 84 valence electrons. The van der Waals surface area contributed by atoms with Gasteiger partial charge in [-0.05, 0) is 22.0 Å². The quantitative estimate of drug-likeness (QED) is 0.866. The number of nitrogens with two attached hydrogens (primary N) is 1. The Morgan fingerprint density at radius 1 is 1.47 bits per heavy atom. The Morgan fingerprint density at radius 3 is 2.67 bits per heavy atom. The number of hydrogen-bond acceptors (Lipinski definition) is 4. The van der Waals surface area contributed by atoms with Crippen molar-refractivity contribution in [3.05, 3.63) is 10.8 Å². The topological polar surface area (TPSA) is 61.0 Å². The van der Waals surface area contributed by atoms with Gasteiger partial charge in [0.25, 0.3) is 5.88 Å². The fourth-order valence-corrected chi connectivity index (χ4v) is 1.94. The molecule has 1 aromatic heterocycles. The normalized spacial score (nSPS) is 11.5. The molecule has 0 amide bonds. The number of hydrogen-bond donors (Lipinski definition) is 1. The first-order chi connectivity index (χ1) is 6.88. The maximum absolute atomic E-state index is 5.65. The third kappa shape index (κ3) is 4.61. The van der Waals surface area contributed by atoms with Crippen LogP contribution in [0.1, 0.15) is 0 Å². The van der Waals surface area contributed by atoms with Crippen LogP contribution in [-0.4, -0.2) is 24.6 Å². The fraction of sp³-hybridized carbons (Fsp3) is 0.556. The van der Waals surface area contributed by atoms with Gasteiger partial charge in [-0.3, -0.25) is 0 Å². The predicted octanol–water partition coefficient (Wildman–Crippen LogP) is 2.54. The van der Waals surface area contributed by atoms with Crippen LogP contribution in [0, 0.1) is 0 Å². The van der Waals surface area contributed by atoms with Gasteiger partial charge in [-0.1, -0.05) is 19.6 Å². The Balaban J connectivity index is 2.51. The summed E-state index contributed by atoms with van der Waals surface area (Å²) < 4.78 is 6.11. The molecule has 0 fully saturated rings. The van der Waals surface area contributed by atoms with E-state index < -0.39 is 8.07 Å². The Morgan fingerprint density at radius 2 is 2.13 bits per heavy atom. The first-order valence-electron chi connectivity index (χ1n) is 4.79. The molecule has 6 heteroatoms. The summed E-state index contributed by atoms with van der Waals surface area (Å²) in [6.07, 6.45) is 1.58. The van der Waals surface area contributed by atoms with Gasteiger partial charge in [0.2, 0.25) is 0 Å². The summed E-state index contributed by atoms with van der Waals surface area (Å²) in [4.78, 5) is 8.06. The first kappa shape index (κ1) is 12.4. The minimum Gasteiger partial charge on any atom is -0.475 e. The molecule has 1 rings (SSSR count). The lowest BCUT2D eigenvalue weighted by atomic mass is 10.6. The summed E-state index contributed by atoms with van der Waals surface area (Å²) in [6.45, 7) is 7.56. The predicted molar refractivity (Wildman–Crippen MR) is 67.8 cm³/mol. The number of ether oxygens (including phenoxy) is 1. The van der Waals surface area contributed by atoms with Crippen LogP contribution >= 0.6 is 15.9 Å². The Hall–Kier alpha value is -0.623. The summed E-state index contributed by atoms with van der Waals surface area (Å²) in [6, 6.07) is 1.09. The van der Waals surface area contributed by atoms with E-state index in [1.165, 1.54) is 0 Å². The lowest BCUT2D eigenvalue weighted by Gasteiger charge is -2.15. The van der Waals surface area contributed by atoms with Crippen molar-refractivity contribution in [1.29, 1.82) is 0 Å². The van der Waals surface area contributed by atoms with E-state index >= 15 is 0 Å². The van der Waals surface area contributed by atoms with E-state index in [-0.39, 0.29) is 0 Å². The van der Waals surface area contributed by atoms with Crippen molar-refractivity contribution in [3.63, 3.8) is 0 Å². The second kappa shape index (κ2) is 4.94. The zero-order valence-corrected chi connectivity index (χ0v) is 11.8. The van der Waals surface area contributed by atoms with Crippen molar-refractivity contribution in [3.8, 4) is 5.88 Å². The van der Waals surface area contributed by atoms with Crippen molar-refractivity contribution in [1.82, 2.24) is 9.97 Å². The highest BCUT2D eigenvalue weighted by Crippen LogP contribution is 2.18. The number of nitrogen functional groups attached to an aromatic ring is 1. The smallest absolute Gasteiger partial charge is 0.257 e. The second-order valence-corrected chi connectivity index (χ2v) is 11.0. The largest absolute Gasteiger partial charge is 0.475 e. The third-order valence-corrected chi connectivity index (χ3v) is 3.91. The number of nitrogens with zero attached hydrogens (tertiary/aromatic N) is 2. The first-order valence-corrected chi connectivity index (χ1v) is 9.29. The van der Waals surface area contributed by atoms with Gasteiger partial charge in [0, 0.05) is 8.07 Å². The van der Waals surface area contributed by atoms with E-state index in [1.807, 2.05) is 0 Å². The molecule has 1 aromatic rings. The van der Waals surface area contributed by atoms with Gasteiger partial charge < -0.3 is 10.5 Å². The highest BCUT2D eigenvalue weighted by atomic mass is 79.9. The number of rotatable bonds is 4. The molecule has 2 N–H and O–H groups in total. The van der Waals surface area contributed by atoms with Crippen LogP contribution in [0.5, 0.6) is 5.88 Å². The summed E-state index contributed by atoms with van der Waals surface area (Å²) >= 11 is 3.19. The molecule has 0 saturated heterocycles. The number of halogens is 1. The summed E-state index contributed by atoms with van der Waals surface area (Å²) in [7, 11) is -1.06. The molecule has 0 radical (unpaired) electrons. The van der Waals surface area contributed by atoms with Gasteiger partial charge in [-0.15, -0.1) is 0 Å². The average Bonchev–Trinajstić information content (AvgIpc) is 2.07. The molecular weight excluding hydrogens is 274 g/mol. The lowest BCUT2D eigenvalue weighted by Crippen LogP contribution is -2.22. The minimum absolute atomic E-state index is 0.333. The van der Waals surface area contributed by atoms with Gasteiger partial charge in [-0.25, -0.2) is 9.97 Å². The number of aromatic nitrogens is 2. The molecule has 0 aromatic carbocycles. The highest BCUT2D eigenvalue weighted by molar-refractivity contribution is 9.10. The maximum Gasteiger partial charge on any atom is 0.257 e. The monoisotopic (exact) mass is 289 g/mol. The summed E-state index contributed by atoms with van der Waals surface area (Å²) in [5.41, 5.74) is 5.65. The Kier molecular flexibility index (Phi) is 4.10. The van der Waals surface area contributed by atoms with E-state index in [0.717, 1.165) is 6.04 Å². The van der Waals surface area contributed by atoms with E-state index in [2.05, 4.69) is 45.5 Å². The standard InChI is InChI=1S/C9H16BrN3OSi/c1-15(2,3)5-4-14-9-8(11)13-7(10)6-12-9/h6H,4-5H2,1-3H3,(H2,11,13). The molecule has 0 unspecified atom stereocenters. The fourth-order valence-electron chi connectivity index (χ4n) is 0.935. The highest BCUT2D eigenvalue weighted by Gasteiger charge is 2.13. The van der Waals surface area contributed by atoms with Crippen molar-refractivity contribution >= 4 is 29.8 Å². The average molecular weight is 290 g/mol. The lowest BCUT2D eigenvalue weighted by molar-refractivity contribution is 0.325. The molecule has 1 heterocycles. The Bertz CT molecular complexity index is 341. The van der Waals surface area contributed by atoms with E-state index in [4.69, 9.17) is 10.5 Å². The van der Waals surface area contributed by atoms with Gasteiger partial charge in [0.15, 0.2) is 5.82 Å². The molecule has 0 aliphatic carbocycles. The van der Waals surface area contributed by atoms with Crippen molar-refractivity contribution < 1.29 is 4.74 Å². The molecule has 0 bridgehead atoms. The van der Waals surface area contributed by atoms with Crippen LogP contribution in [-0.2, 0) is 0 Å². The minimum atomic E-state index is -1.06. The molecule has 0 saturated carbocycles. The van der Waals surface area contributed by atoms with E-state index in [1.54, 1.807) is 6.20 Å². The van der Waals surface area contributed by atoms with Crippen LogP contribution in [0.4, 0.5) is 5.82 Å². The molecule has 0 aliphatic rings. The molecule has 15 heavy (non-hydrogen) atoms. The second-order valence-electron chi connectivity index (χ2n) is 4.54. The molecule has 4 nitrogen and oxygen atoms in total. The van der Waals surface area contributed by atoms with Crippen molar-refractivity contribution in [2.24, 2.45) is 0 Å². The van der Waals surface area contributed by atoms with Crippen LogP contribution in [0.2, 0.25) is 25.7 Å². The van der Waals surface area contributed by atoms with Gasteiger partial charge in [0.1, 0.15) is 4.60 Å². The van der Waals surface area contributed by atoms with Gasteiger partial charge in [-0.2, -0.15) is 0 Å². The molecule has 0 atom stereocenters. The summed E-state index contributed by atoms with van der Waals surface area (Å²) in [5.74, 6) is 0.761. The maximum atomic E-state index is 5.65. The third-order valence-electron chi connectivity index (χ3n) is 1.83.